The van der Waals surface area contributed by atoms with Gasteiger partial charge in [-0.25, -0.2) is 0 Å². The Kier molecular flexibility index (Phi) is 14.4. The number of rotatable bonds is 16. The molecule has 0 aliphatic heterocycles. The smallest absolute Gasteiger partial charge is 0.100 e. The number of aliphatic hydroxyl groups excluding tert-OH is 2. The van der Waals surface area contributed by atoms with Gasteiger partial charge in [0.05, 0.1) is 18.8 Å². The second kappa shape index (κ2) is 14.5. The zero-order valence-electron chi connectivity index (χ0n) is 15.3. The van der Waals surface area contributed by atoms with Crippen LogP contribution in [-0.2, 0) is 4.74 Å². The summed E-state index contributed by atoms with van der Waals surface area (Å²) in [5.41, 5.74) is -0.199. The van der Waals surface area contributed by atoms with E-state index >= 15 is 0 Å². The van der Waals surface area contributed by atoms with Crippen molar-refractivity contribution < 1.29 is 14.9 Å². The van der Waals surface area contributed by atoms with Crippen molar-refractivity contribution in [1.82, 2.24) is 0 Å². The first kappa shape index (κ1) is 21.9. The summed E-state index contributed by atoms with van der Waals surface area (Å²) in [6.07, 6.45) is 15.1. The summed E-state index contributed by atoms with van der Waals surface area (Å²) in [7, 11) is 0. The quantitative estimate of drug-likeness (QED) is 0.401. The van der Waals surface area contributed by atoms with Crippen molar-refractivity contribution >= 4 is 0 Å². The summed E-state index contributed by atoms with van der Waals surface area (Å²) in [5.74, 6) is 0. The van der Waals surface area contributed by atoms with E-state index in [4.69, 9.17) is 9.84 Å². The molecule has 0 aromatic rings. The van der Waals surface area contributed by atoms with E-state index in [1.165, 1.54) is 70.6 Å². The molecule has 0 bridgehead atoms. The molecule has 22 heavy (non-hydrogen) atoms. The van der Waals surface area contributed by atoms with Gasteiger partial charge in [-0.1, -0.05) is 77.6 Å². The molecule has 0 aliphatic carbocycles. The number of hydrogen-bond donors (Lipinski definition) is 2. The summed E-state index contributed by atoms with van der Waals surface area (Å²) in [6, 6.07) is 0. The van der Waals surface area contributed by atoms with Crippen LogP contribution in [0.5, 0.6) is 0 Å². The number of aliphatic hydroxyl groups is 2. The molecule has 1 unspecified atom stereocenters. The van der Waals surface area contributed by atoms with E-state index < -0.39 is 6.10 Å². The highest BCUT2D eigenvalue weighted by atomic mass is 16.5. The van der Waals surface area contributed by atoms with Gasteiger partial charge >= 0.3 is 0 Å². The highest BCUT2D eigenvalue weighted by Crippen LogP contribution is 2.20. The van der Waals surface area contributed by atoms with E-state index in [9.17, 15) is 5.11 Å². The number of ether oxygens (including phenoxy) is 1. The maximum Gasteiger partial charge on any atom is 0.100 e. The Hall–Kier alpha value is -0.120. The van der Waals surface area contributed by atoms with Crippen LogP contribution < -0.4 is 0 Å². The van der Waals surface area contributed by atoms with Gasteiger partial charge in [0.1, 0.15) is 6.10 Å². The van der Waals surface area contributed by atoms with Crippen molar-refractivity contribution in [2.75, 3.05) is 13.2 Å². The summed E-state index contributed by atoms with van der Waals surface area (Å²) >= 11 is 0. The van der Waals surface area contributed by atoms with Crippen molar-refractivity contribution in [3.8, 4) is 0 Å². The monoisotopic (exact) mass is 316 g/mol. The SMILES string of the molecule is CCCCCCCCCCCCCC(C)(C)OCC(O)CO. The summed E-state index contributed by atoms with van der Waals surface area (Å²) < 4.78 is 5.66. The molecule has 3 heteroatoms. The maximum absolute atomic E-state index is 9.31. The zero-order valence-corrected chi connectivity index (χ0v) is 15.3. The van der Waals surface area contributed by atoms with E-state index in [0.717, 1.165) is 6.42 Å². The molecule has 3 nitrogen and oxygen atoms in total. The second-order valence-electron chi connectivity index (χ2n) is 7.19. The molecule has 0 amide bonds. The fourth-order valence-electron chi connectivity index (χ4n) is 2.66. The molecule has 2 N–H and O–H groups in total. The Morgan fingerprint density at radius 2 is 1.27 bits per heavy atom. The third-order valence-corrected chi connectivity index (χ3v) is 4.26. The molecule has 0 aromatic heterocycles. The van der Waals surface area contributed by atoms with Crippen molar-refractivity contribution in [2.24, 2.45) is 0 Å². The fraction of sp³-hybridized carbons (Fsp3) is 1.00. The minimum absolute atomic E-state index is 0.199. The van der Waals surface area contributed by atoms with Crippen molar-refractivity contribution in [3.63, 3.8) is 0 Å². The minimum Gasteiger partial charge on any atom is -0.394 e. The van der Waals surface area contributed by atoms with E-state index in [1.807, 2.05) is 0 Å². The summed E-state index contributed by atoms with van der Waals surface area (Å²) in [5, 5.41) is 18.1. The fourth-order valence-corrected chi connectivity index (χ4v) is 2.66. The normalized spacial score (nSPS) is 13.5. The Morgan fingerprint density at radius 1 is 0.818 bits per heavy atom. The molecule has 0 saturated heterocycles. The van der Waals surface area contributed by atoms with E-state index in [1.54, 1.807) is 0 Å². The van der Waals surface area contributed by atoms with Crippen LogP contribution in [0.25, 0.3) is 0 Å². The van der Waals surface area contributed by atoms with Gasteiger partial charge in [0.25, 0.3) is 0 Å². The van der Waals surface area contributed by atoms with E-state index in [-0.39, 0.29) is 18.8 Å². The molecule has 0 aliphatic rings. The van der Waals surface area contributed by atoms with Gasteiger partial charge in [-0.2, -0.15) is 0 Å². The molecule has 0 saturated carbocycles. The predicted octanol–water partition coefficient (Wildman–Crippen LogP) is 4.84. The first-order chi connectivity index (χ1) is 10.5. The highest BCUT2D eigenvalue weighted by Gasteiger charge is 2.19. The highest BCUT2D eigenvalue weighted by molar-refractivity contribution is 4.69. The van der Waals surface area contributed by atoms with Gasteiger partial charge in [0.2, 0.25) is 0 Å². The molecule has 134 valence electrons. The second-order valence-corrected chi connectivity index (χ2v) is 7.19. The molecule has 0 spiro atoms. The van der Waals surface area contributed by atoms with Crippen LogP contribution in [0.3, 0.4) is 0 Å². The maximum atomic E-state index is 9.31. The van der Waals surface area contributed by atoms with Gasteiger partial charge in [0, 0.05) is 0 Å². The lowest BCUT2D eigenvalue weighted by atomic mass is 9.99. The van der Waals surface area contributed by atoms with Crippen molar-refractivity contribution in [1.29, 1.82) is 0 Å². The average Bonchev–Trinajstić information content (AvgIpc) is 2.50. The molecule has 0 fully saturated rings. The third kappa shape index (κ3) is 14.8. The Labute approximate surface area is 138 Å². The van der Waals surface area contributed by atoms with Crippen LogP contribution in [0.1, 0.15) is 97.8 Å². The largest absolute Gasteiger partial charge is 0.394 e. The average molecular weight is 317 g/mol. The standard InChI is InChI=1S/C19H40O3/c1-4-5-6-7-8-9-10-11-12-13-14-15-19(2,3)22-17-18(21)16-20/h18,20-21H,4-17H2,1-3H3. The Balaban J connectivity index is 3.33. The lowest BCUT2D eigenvalue weighted by molar-refractivity contribution is -0.0748. The molecule has 0 rings (SSSR count). The van der Waals surface area contributed by atoms with Gasteiger partial charge in [-0.3, -0.25) is 0 Å². The third-order valence-electron chi connectivity index (χ3n) is 4.26. The van der Waals surface area contributed by atoms with Crippen molar-refractivity contribution in [2.45, 2.75) is 110 Å². The molecule has 0 radical (unpaired) electrons. The van der Waals surface area contributed by atoms with E-state index in [0.29, 0.717) is 0 Å². The van der Waals surface area contributed by atoms with Crippen LogP contribution in [0.2, 0.25) is 0 Å². The van der Waals surface area contributed by atoms with Gasteiger partial charge in [0.15, 0.2) is 0 Å². The lowest BCUT2D eigenvalue weighted by Crippen LogP contribution is -2.30. The number of hydrogen-bond acceptors (Lipinski definition) is 3. The van der Waals surface area contributed by atoms with E-state index in [2.05, 4.69) is 20.8 Å². The Morgan fingerprint density at radius 3 is 1.73 bits per heavy atom. The Bertz CT molecular complexity index is 229. The first-order valence-electron chi connectivity index (χ1n) is 9.44. The van der Waals surface area contributed by atoms with Gasteiger partial charge < -0.3 is 14.9 Å². The van der Waals surface area contributed by atoms with Crippen LogP contribution in [0, 0.1) is 0 Å². The predicted molar refractivity (Wildman–Crippen MR) is 94.2 cm³/mol. The van der Waals surface area contributed by atoms with Crippen LogP contribution >= 0.6 is 0 Å². The molecule has 1 atom stereocenters. The first-order valence-corrected chi connectivity index (χ1v) is 9.44. The topological polar surface area (TPSA) is 49.7 Å². The van der Waals surface area contributed by atoms with Crippen LogP contribution in [-0.4, -0.2) is 35.1 Å². The number of unbranched alkanes of at least 4 members (excludes halogenated alkanes) is 10. The molecular formula is C19H40O3. The van der Waals surface area contributed by atoms with Crippen LogP contribution in [0.4, 0.5) is 0 Å². The molecular weight excluding hydrogens is 276 g/mol. The zero-order chi connectivity index (χ0) is 16.7. The lowest BCUT2D eigenvalue weighted by Gasteiger charge is -2.26. The summed E-state index contributed by atoms with van der Waals surface area (Å²) in [4.78, 5) is 0. The van der Waals surface area contributed by atoms with Crippen molar-refractivity contribution in [3.05, 3.63) is 0 Å². The van der Waals surface area contributed by atoms with Crippen LogP contribution in [0.15, 0.2) is 0 Å². The van der Waals surface area contributed by atoms with Gasteiger partial charge in [-0.15, -0.1) is 0 Å². The molecule has 0 heterocycles. The summed E-state index contributed by atoms with van der Waals surface area (Å²) in [6.45, 7) is 6.39. The minimum atomic E-state index is -0.753. The molecule has 0 aromatic carbocycles. The van der Waals surface area contributed by atoms with Gasteiger partial charge in [-0.05, 0) is 20.3 Å².